The van der Waals surface area contributed by atoms with E-state index >= 15 is 0 Å². The smallest absolute Gasteiger partial charge is 0.185 e. The zero-order chi connectivity index (χ0) is 13.9. The van der Waals surface area contributed by atoms with Crippen molar-refractivity contribution in [3.8, 4) is 5.75 Å². The molecule has 3 rings (SSSR count). The van der Waals surface area contributed by atoms with Crippen LogP contribution in [0.5, 0.6) is 5.75 Å². The molecule has 20 heavy (non-hydrogen) atoms. The van der Waals surface area contributed by atoms with Crippen LogP contribution in [0.3, 0.4) is 0 Å². The number of carbonyl (C=O) groups is 1. The van der Waals surface area contributed by atoms with Gasteiger partial charge in [-0.2, -0.15) is 0 Å². The quantitative estimate of drug-likeness (QED) is 0.864. The first-order valence-electron chi connectivity index (χ1n) is 6.89. The van der Waals surface area contributed by atoms with E-state index in [1.165, 1.54) is 5.56 Å². The molecular formula is C17H17NO2. The summed E-state index contributed by atoms with van der Waals surface area (Å²) >= 11 is 0. The number of para-hydroxylation sites is 1. The SMILES string of the molecule is CCOc1cccc(C(=O)C2Cc3ccccc3N2)c1. The highest BCUT2D eigenvalue weighted by molar-refractivity contribution is 6.03. The van der Waals surface area contributed by atoms with E-state index in [1.54, 1.807) is 0 Å². The maximum atomic E-state index is 12.6. The average Bonchev–Trinajstić information content (AvgIpc) is 2.91. The van der Waals surface area contributed by atoms with E-state index in [0.717, 1.165) is 17.9 Å². The van der Waals surface area contributed by atoms with Crippen molar-refractivity contribution in [2.45, 2.75) is 19.4 Å². The van der Waals surface area contributed by atoms with Crippen LogP contribution in [-0.2, 0) is 6.42 Å². The van der Waals surface area contributed by atoms with Crippen molar-refractivity contribution in [1.29, 1.82) is 0 Å². The number of ether oxygens (including phenoxy) is 1. The molecule has 2 aromatic rings. The van der Waals surface area contributed by atoms with Gasteiger partial charge in [-0.3, -0.25) is 4.79 Å². The van der Waals surface area contributed by atoms with Gasteiger partial charge in [0.2, 0.25) is 0 Å². The molecule has 0 aromatic heterocycles. The lowest BCUT2D eigenvalue weighted by atomic mass is 10.0. The Labute approximate surface area is 118 Å². The van der Waals surface area contributed by atoms with E-state index in [9.17, 15) is 4.79 Å². The number of hydrogen-bond donors (Lipinski definition) is 1. The minimum atomic E-state index is -0.177. The molecule has 0 fully saturated rings. The fourth-order valence-electron chi connectivity index (χ4n) is 2.56. The summed E-state index contributed by atoms with van der Waals surface area (Å²) in [5, 5.41) is 3.29. The van der Waals surface area contributed by atoms with Gasteiger partial charge in [0.25, 0.3) is 0 Å². The standard InChI is InChI=1S/C17H17NO2/c1-2-20-14-8-5-7-13(10-14)17(19)16-11-12-6-3-4-9-15(12)18-16/h3-10,16,18H,2,11H2,1H3. The minimum Gasteiger partial charge on any atom is -0.494 e. The average molecular weight is 267 g/mol. The molecule has 0 saturated carbocycles. The first kappa shape index (κ1) is 12.7. The van der Waals surface area contributed by atoms with Gasteiger partial charge in [-0.05, 0) is 30.7 Å². The molecule has 1 heterocycles. The van der Waals surface area contributed by atoms with Crippen LogP contribution in [0.15, 0.2) is 48.5 Å². The topological polar surface area (TPSA) is 38.3 Å². The summed E-state index contributed by atoms with van der Waals surface area (Å²) in [6.45, 7) is 2.54. The monoisotopic (exact) mass is 267 g/mol. The molecule has 0 bridgehead atoms. The van der Waals surface area contributed by atoms with Crippen LogP contribution in [0.1, 0.15) is 22.8 Å². The lowest BCUT2D eigenvalue weighted by Crippen LogP contribution is -2.27. The Bertz CT molecular complexity index is 611. The number of ketones is 1. The number of anilines is 1. The highest BCUT2D eigenvalue weighted by Crippen LogP contribution is 2.27. The summed E-state index contributed by atoms with van der Waals surface area (Å²) in [5.74, 6) is 0.858. The summed E-state index contributed by atoms with van der Waals surface area (Å²) in [7, 11) is 0. The van der Waals surface area contributed by atoms with E-state index in [2.05, 4.69) is 11.4 Å². The van der Waals surface area contributed by atoms with Crippen molar-refractivity contribution < 1.29 is 9.53 Å². The molecular weight excluding hydrogens is 250 g/mol. The Morgan fingerprint density at radius 2 is 2.10 bits per heavy atom. The van der Waals surface area contributed by atoms with Gasteiger partial charge in [0.15, 0.2) is 5.78 Å². The molecule has 1 aliphatic heterocycles. The van der Waals surface area contributed by atoms with Crippen molar-refractivity contribution >= 4 is 11.5 Å². The Hall–Kier alpha value is -2.29. The maximum absolute atomic E-state index is 12.6. The number of rotatable bonds is 4. The lowest BCUT2D eigenvalue weighted by molar-refractivity contribution is 0.0971. The number of fused-ring (bicyclic) bond motifs is 1. The molecule has 102 valence electrons. The van der Waals surface area contributed by atoms with Crippen LogP contribution in [0.2, 0.25) is 0 Å². The first-order chi connectivity index (χ1) is 9.78. The Balaban J connectivity index is 1.79. The van der Waals surface area contributed by atoms with E-state index in [-0.39, 0.29) is 11.8 Å². The molecule has 1 aliphatic rings. The second-order valence-corrected chi connectivity index (χ2v) is 4.88. The molecule has 0 radical (unpaired) electrons. The molecule has 3 heteroatoms. The number of nitrogens with one attached hydrogen (secondary N) is 1. The van der Waals surface area contributed by atoms with Crippen molar-refractivity contribution in [1.82, 2.24) is 0 Å². The van der Waals surface area contributed by atoms with E-state index < -0.39 is 0 Å². The molecule has 2 aromatic carbocycles. The third-order valence-electron chi connectivity index (χ3n) is 3.52. The van der Waals surface area contributed by atoms with Gasteiger partial charge in [-0.25, -0.2) is 0 Å². The molecule has 1 N–H and O–H groups in total. The normalized spacial score (nSPS) is 16.4. The molecule has 3 nitrogen and oxygen atoms in total. The van der Waals surface area contributed by atoms with Crippen LogP contribution in [0.4, 0.5) is 5.69 Å². The Morgan fingerprint density at radius 1 is 1.25 bits per heavy atom. The van der Waals surface area contributed by atoms with Gasteiger partial charge in [-0.15, -0.1) is 0 Å². The van der Waals surface area contributed by atoms with Gasteiger partial charge in [0.05, 0.1) is 12.6 Å². The first-order valence-corrected chi connectivity index (χ1v) is 6.89. The van der Waals surface area contributed by atoms with Crippen LogP contribution in [0, 0.1) is 0 Å². The minimum absolute atomic E-state index is 0.114. The van der Waals surface area contributed by atoms with Crippen LogP contribution < -0.4 is 10.1 Å². The van der Waals surface area contributed by atoms with Gasteiger partial charge in [0.1, 0.15) is 5.75 Å². The van der Waals surface area contributed by atoms with Crippen LogP contribution in [0.25, 0.3) is 0 Å². The second kappa shape index (κ2) is 5.37. The Kier molecular flexibility index (Phi) is 3.42. The summed E-state index contributed by atoms with van der Waals surface area (Å²) in [5.41, 5.74) is 2.96. The van der Waals surface area contributed by atoms with E-state index in [1.807, 2.05) is 49.4 Å². The Morgan fingerprint density at radius 3 is 2.90 bits per heavy atom. The van der Waals surface area contributed by atoms with Gasteiger partial charge >= 0.3 is 0 Å². The van der Waals surface area contributed by atoms with Crippen LogP contribution >= 0.6 is 0 Å². The van der Waals surface area contributed by atoms with E-state index in [4.69, 9.17) is 4.74 Å². The number of carbonyl (C=O) groups excluding carboxylic acids is 1. The molecule has 0 saturated heterocycles. The van der Waals surface area contributed by atoms with Crippen molar-refractivity contribution in [3.05, 3.63) is 59.7 Å². The zero-order valence-electron chi connectivity index (χ0n) is 11.4. The fourth-order valence-corrected chi connectivity index (χ4v) is 2.56. The van der Waals surface area contributed by atoms with Gasteiger partial charge in [0, 0.05) is 17.7 Å². The van der Waals surface area contributed by atoms with Crippen LogP contribution in [-0.4, -0.2) is 18.4 Å². The number of Topliss-reactive ketones (excluding diaryl/α,β-unsaturated/α-hetero) is 1. The largest absolute Gasteiger partial charge is 0.494 e. The molecule has 0 spiro atoms. The molecule has 1 unspecified atom stereocenters. The predicted octanol–water partition coefficient (Wildman–Crippen LogP) is 3.30. The lowest BCUT2D eigenvalue weighted by Gasteiger charge is -2.11. The van der Waals surface area contributed by atoms with Gasteiger partial charge in [-0.1, -0.05) is 30.3 Å². The number of benzene rings is 2. The highest BCUT2D eigenvalue weighted by Gasteiger charge is 2.27. The summed E-state index contributed by atoms with van der Waals surface area (Å²) in [6.07, 6.45) is 0.744. The van der Waals surface area contributed by atoms with Crippen molar-refractivity contribution in [2.75, 3.05) is 11.9 Å². The predicted molar refractivity (Wildman–Crippen MR) is 79.5 cm³/mol. The molecule has 0 aliphatic carbocycles. The highest BCUT2D eigenvalue weighted by atomic mass is 16.5. The number of hydrogen-bond acceptors (Lipinski definition) is 3. The molecule has 0 amide bonds. The van der Waals surface area contributed by atoms with Gasteiger partial charge < -0.3 is 10.1 Å². The maximum Gasteiger partial charge on any atom is 0.185 e. The summed E-state index contributed by atoms with van der Waals surface area (Å²) in [4.78, 5) is 12.6. The van der Waals surface area contributed by atoms with E-state index in [0.29, 0.717) is 12.2 Å². The summed E-state index contributed by atoms with van der Waals surface area (Å²) in [6, 6.07) is 15.3. The fraction of sp³-hybridized carbons (Fsp3) is 0.235. The van der Waals surface area contributed by atoms with Crippen molar-refractivity contribution in [2.24, 2.45) is 0 Å². The summed E-state index contributed by atoms with van der Waals surface area (Å²) < 4.78 is 5.45. The third-order valence-corrected chi connectivity index (χ3v) is 3.52. The second-order valence-electron chi connectivity index (χ2n) is 4.88. The zero-order valence-corrected chi connectivity index (χ0v) is 11.4. The molecule has 1 atom stereocenters. The third kappa shape index (κ3) is 2.39. The van der Waals surface area contributed by atoms with Crippen molar-refractivity contribution in [3.63, 3.8) is 0 Å².